The van der Waals surface area contributed by atoms with E-state index in [1.165, 1.54) is 42.5 Å². The Bertz CT molecular complexity index is 1250. The summed E-state index contributed by atoms with van der Waals surface area (Å²) in [7, 11) is 0. The van der Waals surface area contributed by atoms with Crippen LogP contribution in [0.2, 0.25) is 0 Å². The van der Waals surface area contributed by atoms with Crippen molar-refractivity contribution < 1.29 is 59.6 Å². The van der Waals surface area contributed by atoms with Crippen molar-refractivity contribution in [1.29, 1.82) is 0 Å². The third-order valence-corrected chi connectivity index (χ3v) is 5.62. The molecule has 2 unspecified atom stereocenters. The molecule has 0 radical (unpaired) electrons. The Balaban J connectivity index is 1.73. The van der Waals surface area contributed by atoms with E-state index in [1.54, 1.807) is 0 Å². The lowest BCUT2D eigenvalue weighted by Gasteiger charge is -2.41. The van der Waals surface area contributed by atoms with Gasteiger partial charge in [0.25, 0.3) is 0 Å². The lowest BCUT2D eigenvalue weighted by atomic mass is 9.79. The van der Waals surface area contributed by atoms with Crippen molar-refractivity contribution in [2.45, 2.75) is 36.8 Å². The topological polar surface area (TPSA) is 211 Å². The third kappa shape index (κ3) is 6.57. The van der Waals surface area contributed by atoms with Gasteiger partial charge in [-0.2, -0.15) is 0 Å². The van der Waals surface area contributed by atoms with Gasteiger partial charge in [-0.05, 0) is 47.5 Å². The maximum atomic E-state index is 12.4. The van der Waals surface area contributed by atoms with Gasteiger partial charge in [0, 0.05) is 25.0 Å². The van der Waals surface area contributed by atoms with Gasteiger partial charge in [-0.15, -0.1) is 0 Å². The van der Waals surface area contributed by atoms with Crippen LogP contribution in [-0.4, -0.2) is 77.6 Å². The average molecular weight is 516 g/mol. The molecule has 0 spiro atoms. The van der Waals surface area contributed by atoms with Crippen LogP contribution in [0.1, 0.15) is 24.0 Å². The molecule has 3 rings (SSSR count). The summed E-state index contributed by atoms with van der Waals surface area (Å²) in [6.07, 6.45) is -2.09. The number of aliphatic hydroxyl groups is 2. The van der Waals surface area contributed by atoms with E-state index in [9.17, 15) is 50.1 Å². The fraction of sp³-hybridized carbons (Fsp3) is 0.240. The van der Waals surface area contributed by atoms with Gasteiger partial charge in [0.1, 0.15) is 12.2 Å². The van der Waals surface area contributed by atoms with Crippen LogP contribution in [0.5, 0.6) is 23.0 Å². The molecule has 2 aromatic carbocycles. The highest BCUT2D eigenvalue weighted by Crippen LogP contribution is 2.35. The van der Waals surface area contributed by atoms with E-state index < -0.39 is 66.2 Å². The van der Waals surface area contributed by atoms with Crippen LogP contribution in [0.25, 0.3) is 12.2 Å². The van der Waals surface area contributed by atoms with Gasteiger partial charge in [0.2, 0.25) is 5.60 Å². The summed E-state index contributed by atoms with van der Waals surface area (Å²) >= 11 is 0. The highest BCUT2D eigenvalue weighted by atomic mass is 16.6. The minimum atomic E-state index is -2.34. The summed E-state index contributed by atoms with van der Waals surface area (Å²) in [5.74, 6) is -5.41. The van der Waals surface area contributed by atoms with Crippen LogP contribution in [0, 0.1) is 0 Å². The first-order chi connectivity index (χ1) is 17.4. The molecule has 2 aromatic rings. The van der Waals surface area contributed by atoms with E-state index in [0.717, 1.165) is 18.2 Å². The van der Waals surface area contributed by atoms with Gasteiger partial charge in [0.15, 0.2) is 23.0 Å². The summed E-state index contributed by atoms with van der Waals surface area (Å²) in [4.78, 5) is 36.7. The summed E-state index contributed by atoms with van der Waals surface area (Å²) < 4.78 is 10.2. The van der Waals surface area contributed by atoms with Gasteiger partial charge >= 0.3 is 17.9 Å². The molecule has 0 aromatic heterocycles. The van der Waals surface area contributed by atoms with E-state index in [4.69, 9.17) is 9.47 Å². The van der Waals surface area contributed by atoms with Gasteiger partial charge in [-0.25, -0.2) is 14.4 Å². The fourth-order valence-corrected chi connectivity index (χ4v) is 3.68. The van der Waals surface area contributed by atoms with E-state index in [-0.39, 0.29) is 17.1 Å². The Kier molecular flexibility index (Phi) is 8.05. The Morgan fingerprint density at radius 3 is 1.78 bits per heavy atom. The van der Waals surface area contributed by atoms with E-state index in [2.05, 4.69) is 0 Å². The summed E-state index contributed by atoms with van der Waals surface area (Å²) in [5.41, 5.74) is -1.73. The maximum Gasteiger partial charge on any atom is 0.348 e. The SMILES string of the molecule is O=C(C=Cc1ccc(O)c(O)c1)OC1C[C@](OC(=O)C=Cc2ccc(O)c(O)c2)(C(=O)O)CC(O)[C@H]1O. The van der Waals surface area contributed by atoms with Gasteiger partial charge < -0.3 is 45.2 Å². The standard InChI is InChI=1S/C25H24O12/c26-15-5-1-13(9-17(15)28)3-7-21(31)36-20-12-25(24(34)35,11-19(30)23(20)33)37-22(32)8-4-14-2-6-16(27)18(29)10-14/h1-10,19-20,23,26-30,33H,11-12H2,(H,34,35)/t19?,20?,23-,25+/m1/s1. The Morgan fingerprint density at radius 2 is 1.30 bits per heavy atom. The number of esters is 2. The number of hydrogen-bond donors (Lipinski definition) is 7. The highest BCUT2D eigenvalue weighted by molar-refractivity contribution is 5.91. The number of hydrogen-bond acceptors (Lipinski definition) is 11. The lowest BCUT2D eigenvalue weighted by Crippen LogP contribution is -2.58. The number of carboxylic acids is 1. The lowest BCUT2D eigenvalue weighted by molar-refractivity contribution is -0.207. The smallest absolute Gasteiger partial charge is 0.348 e. The quantitative estimate of drug-likeness (QED) is 0.156. The van der Waals surface area contributed by atoms with Crippen molar-refractivity contribution in [2.75, 3.05) is 0 Å². The second-order valence-electron chi connectivity index (χ2n) is 8.33. The van der Waals surface area contributed by atoms with Crippen molar-refractivity contribution >= 4 is 30.1 Å². The molecule has 196 valence electrons. The number of carbonyl (C=O) groups excluding carboxylic acids is 2. The minimum Gasteiger partial charge on any atom is -0.504 e. The Morgan fingerprint density at radius 1 is 0.784 bits per heavy atom. The van der Waals surface area contributed by atoms with Crippen molar-refractivity contribution in [3.63, 3.8) is 0 Å². The van der Waals surface area contributed by atoms with Crippen LogP contribution < -0.4 is 0 Å². The molecular formula is C25H24O12. The van der Waals surface area contributed by atoms with E-state index >= 15 is 0 Å². The second-order valence-corrected chi connectivity index (χ2v) is 8.33. The molecule has 12 heteroatoms. The number of aliphatic hydroxyl groups excluding tert-OH is 2. The predicted octanol–water partition coefficient (Wildman–Crippen LogP) is 1.03. The third-order valence-electron chi connectivity index (χ3n) is 5.62. The molecule has 1 aliphatic carbocycles. The van der Waals surface area contributed by atoms with Crippen molar-refractivity contribution in [1.82, 2.24) is 0 Å². The number of benzene rings is 2. The molecule has 0 heterocycles. The Labute approximate surface area is 209 Å². The Hall–Kier alpha value is -4.55. The molecular weight excluding hydrogens is 492 g/mol. The first kappa shape index (κ1) is 27.0. The number of carboxylic acid groups (broad SMARTS) is 1. The molecule has 0 saturated heterocycles. The van der Waals surface area contributed by atoms with Crippen LogP contribution >= 0.6 is 0 Å². The molecule has 0 bridgehead atoms. The second kappa shape index (κ2) is 11.0. The molecule has 1 fully saturated rings. The largest absolute Gasteiger partial charge is 0.504 e. The number of aromatic hydroxyl groups is 4. The molecule has 0 amide bonds. The minimum absolute atomic E-state index is 0.288. The van der Waals surface area contributed by atoms with Crippen LogP contribution in [-0.2, 0) is 23.9 Å². The zero-order valence-corrected chi connectivity index (χ0v) is 19.1. The summed E-state index contributed by atoms with van der Waals surface area (Å²) in [5, 5.41) is 68.0. The van der Waals surface area contributed by atoms with Gasteiger partial charge in [0.05, 0.1) is 6.10 Å². The average Bonchev–Trinajstić information content (AvgIpc) is 2.83. The zero-order chi connectivity index (χ0) is 27.3. The number of ether oxygens (including phenoxy) is 2. The molecule has 1 aliphatic rings. The number of rotatable bonds is 7. The van der Waals surface area contributed by atoms with Gasteiger partial charge in [-0.3, -0.25) is 0 Å². The van der Waals surface area contributed by atoms with Crippen LogP contribution in [0.15, 0.2) is 48.6 Å². The molecule has 12 nitrogen and oxygen atoms in total. The zero-order valence-electron chi connectivity index (χ0n) is 19.1. The van der Waals surface area contributed by atoms with Crippen molar-refractivity contribution in [3.8, 4) is 23.0 Å². The molecule has 7 N–H and O–H groups in total. The number of phenols is 4. The summed E-state index contributed by atoms with van der Waals surface area (Å²) in [6.45, 7) is 0. The van der Waals surface area contributed by atoms with Gasteiger partial charge in [-0.1, -0.05) is 12.1 Å². The molecule has 1 saturated carbocycles. The first-order valence-electron chi connectivity index (χ1n) is 10.8. The fourth-order valence-electron chi connectivity index (χ4n) is 3.68. The van der Waals surface area contributed by atoms with Crippen molar-refractivity contribution in [2.24, 2.45) is 0 Å². The number of aliphatic carboxylic acids is 1. The summed E-state index contributed by atoms with van der Waals surface area (Å²) in [6, 6.07) is 7.44. The first-order valence-corrected chi connectivity index (χ1v) is 10.8. The number of phenolic OH excluding ortho intramolecular Hbond substituents is 4. The predicted molar refractivity (Wildman–Crippen MR) is 125 cm³/mol. The molecule has 0 aliphatic heterocycles. The monoisotopic (exact) mass is 516 g/mol. The highest BCUT2D eigenvalue weighted by Gasteiger charge is 2.54. The van der Waals surface area contributed by atoms with E-state index in [0.29, 0.717) is 5.56 Å². The molecule has 37 heavy (non-hydrogen) atoms. The maximum absolute atomic E-state index is 12.4. The van der Waals surface area contributed by atoms with Crippen molar-refractivity contribution in [3.05, 3.63) is 59.7 Å². The van der Waals surface area contributed by atoms with Crippen LogP contribution in [0.4, 0.5) is 0 Å². The van der Waals surface area contributed by atoms with E-state index in [1.807, 2.05) is 0 Å². The number of carbonyl (C=O) groups is 3. The van der Waals surface area contributed by atoms with Crippen LogP contribution in [0.3, 0.4) is 0 Å². The normalized spacial score (nSPS) is 23.7. The molecule has 4 atom stereocenters.